The van der Waals surface area contributed by atoms with Crippen molar-refractivity contribution >= 4 is 31.9 Å². The van der Waals surface area contributed by atoms with Gasteiger partial charge in [0.2, 0.25) is 15.9 Å². The molecule has 0 spiro atoms. The first kappa shape index (κ1) is 18.6. The largest absolute Gasteiger partial charge is 0.444 e. The quantitative estimate of drug-likeness (QED) is 0.720. The molecule has 2 rings (SSSR count). The van der Waals surface area contributed by atoms with Crippen molar-refractivity contribution in [3.63, 3.8) is 0 Å². The van der Waals surface area contributed by atoms with Crippen LogP contribution in [0.5, 0.6) is 0 Å². The second-order valence-corrected chi connectivity index (χ2v) is 7.69. The van der Waals surface area contributed by atoms with Crippen LogP contribution in [0.1, 0.15) is 23.8 Å². The molecule has 9 heteroatoms. The van der Waals surface area contributed by atoms with Crippen LogP contribution in [0, 0.1) is 13.8 Å². The number of nitrogens with one attached hydrogen (secondary N) is 2. The van der Waals surface area contributed by atoms with Crippen molar-refractivity contribution in [3.8, 4) is 0 Å². The second-order valence-electron chi connectivity index (χ2n) is 5.10. The second kappa shape index (κ2) is 7.91. The van der Waals surface area contributed by atoms with Gasteiger partial charge in [-0.25, -0.2) is 18.1 Å². The summed E-state index contributed by atoms with van der Waals surface area (Å²) in [5, 5.41) is 2.67. The Balaban J connectivity index is 1.82. The first-order valence-corrected chi connectivity index (χ1v) is 9.51. The van der Waals surface area contributed by atoms with Crippen LogP contribution in [-0.2, 0) is 21.4 Å². The molecular weight excluding hydrogens is 398 g/mol. The molecule has 1 heterocycles. The Morgan fingerprint density at radius 1 is 1.29 bits per heavy atom. The molecule has 0 unspecified atom stereocenters. The van der Waals surface area contributed by atoms with E-state index in [9.17, 15) is 13.2 Å². The van der Waals surface area contributed by atoms with Crippen molar-refractivity contribution in [2.24, 2.45) is 0 Å². The minimum Gasteiger partial charge on any atom is -0.444 e. The van der Waals surface area contributed by atoms with Gasteiger partial charge in [-0.2, -0.15) is 0 Å². The number of hydrogen-bond donors (Lipinski definition) is 2. The van der Waals surface area contributed by atoms with Gasteiger partial charge >= 0.3 is 0 Å². The molecule has 0 atom stereocenters. The summed E-state index contributed by atoms with van der Waals surface area (Å²) in [6.45, 7) is 3.76. The molecule has 130 valence electrons. The molecule has 0 radical (unpaired) electrons. The predicted molar refractivity (Wildman–Crippen MR) is 91.8 cm³/mol. The molecule has 2 N–H and O–H groups in total. The van der Waals surface area contributed by atoms with Crippen LogP contribution < -0.4 is 10.0 Å². The van der Waals surface area contributed by atoms with Crippen LogP contribution >= 0.6 is 15.9 Å². The highest BCUT2D eigenvalue weighted by Gasteiger charge is 2.17. The lowest BCUT2D eigenvalue weighted by Crippen LogP contribution is -2.30. The average molecular weight is 416 g/mol. The summed E-state index contributed by atoms with van der Waals surface area (Å²) in [6, 6.07) is 6.49. The average Bonchev–Trinajstić information content (AvgIpc) is 2.83. The van der Waals surface area contributed by atoms with E-state index in [4.69, 9.17) is 4.42 Å². The summed E-state index contributed by atoms with van der Waals surface area (Å²) >= 11 is 3.20. The van der Waals surface area contributed by atoms with Crippen molar-refractivity contribution in [3.05, 3.63) is 46.1 Å². The fourth-order valence-corrected chi connectivity index (χ4v) is 4.08. The SMILES string of the molecule is Cc1nc(C)c(CNC(=O)CCNS(=O)(=O)c2ccccc2Br)o1. The topological polar surface area (TPSA) is 101 Å². The molecule has 0 saturated carbocycles. The molecule has 24 heavy (non-hydrogen) atoms. The number of hydrogen-bond acceptors (Lipinski definition) is 5. The maximum absolute atomic E-state index is 12.2. The van der Waals surface area contributed by atoms with Crippen molar-refractivity contribution in [2.45, 2.75) is 31.7 Å². The Labute approximate surface area is 149 Å². The van der Waals surface area contributed by atoms with Gasteiger partial charge in [-0.3, -0.25) is 4.79 Å². The van der Waals surface area contributed by atoms with Crippen molar-refractivity contribution in [1.29, 1.82) is 0 Å². The van der Waals surface area contributed by atoms with Crippen LogP contribution in [0.15, 0.2) is 38.1 Å². The number of carbonyl (C=O) groups excluding carboxylic acids is 1. The molecule has 1 aromatic heterocycles. The van der Waals surface area contributed by atoms with E-state index in [0.29, 0.717) is 16.1 Å². The van der Waals surface area contributed by atoms with Gasteiger partial charge in [-0.05, 0) is 35.0 Å². The summed E-state index contributed by atoms with van der Waals surface area (Å²) in [5.41, 5.74) is 0.724. The van der Waals surface area contributed by atoms with E-state index in [0.717, 1.165) is 5.69 Å². The Bertz CT molecular complexity index is 833. The molecule has 0 aliphatic heterocycles. The third kappa shape index (κ3) is 4.89. The molecular formula is C15H18BrN3O4S. The lowest BCUT2D eigenvalue weighted by Gasteiger charge is -2.08. The molecule has 7 nitrogen and oxygen atoms in total. The third-order valence-electron chi connectivity index (χ3n) is 3.22. The Morgan fingerprint density at radius 2 is 2.00 bits per heavy atom. The summed E-state index contributed by atoms with van der Waals surface area (Å²) in [4.78, 5) is 16.1. The lowest BCUT2D eigenvalue weighted by molar-refractivity contribution is -0.121. The smallest absolute Gasteiger partial charge is 0.241 e. The monoisotopic (exact) mass is 415 g/mol. The number of halogens is 1. The predicted octanol–water partition coefficient (Wildman–Crippen LogP) is 2.04. The van der Waals surface area contributed by atoms with E-state index in [1.54, 1.807) is 32.0 Å². The van der Waals surface area contributed by atoms with Gasteiger partial charge in [0, 0.05) is 24.4 Å². The van der Waals surface area contributed by atoms with Gasteiger partial charge < -0.3 is 9.73 Å². The maximum atomic E-state index is 12.2. The van der Waals surface area contributed by atoms with E-state index >= 15 is 0 Å². The number of sulfonamides is 1. The Kier molecular flexibility index (Phi) is 6.14. The van der Waals surface area contributed by atoms with Crippen molar-refractivity contribution in [2.75, 3.05) is 6.54 Å². The van der Waals surface area contributed by atoms with Crippen LogP contribution in [0.2, 0.25) is 0 Å². The number of nitrogens with zero attached hydrogens (tertiary/aromatic N) is 1. The van der Waals surface area contributed by atoms with Crippen LogP contribution in [0.4, 0.5) is 0 Å². The minimum atomic E-state index is -3.66. The first-order valence-electron chi connectivity index (χ1n) is 7.23. The van der Waals surface area contributed by atoms with E-state index in [2.05, 4.69) is 31.0 Å². The summed E-state index contributed by atoms with van der Waals surface area (Å²) in [5.74, 6) is 0.853. The van der Waals surface area contributed by atoms with Gasteiger partial charge in [-0.15, -0.1) is 0 Å². The van der Waals surface area contributed by atoms with Gasteiger partial charge in [0.15, 0.2) is 5.89 Å². The molecule has 1 aromatic carbocycles. The molecule has 0 bridgehead atoms. The zero-order chi connectivity index (χ0) is 17.7. The first-order chi connectivity index (χ1) is 11.3. The summed E-state index contributed by atoms with van der Waals surface area (Å²) in [6.07, 6.45) is 0.0237. The third-order valence-corrected chi connectivity index (χ3v) is 5.69. The standard InChI is InChI=1S/C15H18BrN3O4S/c1-10-13(23-11(2)19-10)9-17-15(20)7-8-18-24(21,22)14-6-4-3-5-12(14)16/h3-6,18H,7-9H2,1-2H3,(H,17,20). The van der Waals surface area contributed by atoms with E-state index in [1.165, 1.54) is 6.07 Å². The number of amides is 1. The van der Waals surface area contributed by atoms with Gasteiger partial charge in [0.05, 0.1) is 17.1 Å². The van der Waals surface area contributed by atoms with E-state index in [1.807, 2.05) is 0 Å². The van der Waals surface area contributed by atoms with E-state index < -0.39 is 10.0 Å². The highest BCUT2D eigenvalue weighted by molar-refractivity contribution is 9.10. The number of oxazole rings is 1. The van der Waals surface area contributed by atoms with Crippen LogP contribution in [0.3, 0.4) is 0 Å². The Hall–Kier alpha value is -1.71. The van der Waals surface area contributed by atoms with Crippen LogP contribution in [0.25, 0.3) is 0 Å². The molecule has 0 fully saturated rings. The highest BCUT2D eigenvalue weighted by atomic mass is 79.9. The molecule has 0 saturated heterocycles. The fourth-order valence-electron chi connectivity index (χ4n) is 2.04. The van der Waals surface area contributed by atoms with Crippen molar-refractivity contribution in [1.82, 2.24) is 15.0 Å². The Morgan fingerprint density at radius 3 is 2.62 bits per heavy atom. The lowest BCUT2D eigenvalue weighted by atomic mass is 10.3. The van der Waals surface area contributed by atoms with Gasteiger partial charge in [0.25, 0.3) is 0 Å². The number of aromatic nitrogens is 1. The molecule has 2 aromatic rings. The zero-order valence-corrected chi connectivity index (χ0v) is 15.7. The summed E-state index contributed by atoms with van der Waals surface area (Å²) in [7, 11) is -3.66. The molecule has 0 aliphatic rings. The normalized spacial score (nSPS) is 11.5. The van der Waals surface area contributed by atoms with E-state index in [-0.39, 0.29) is 30.3 Å². The number of carbonyl (C=O) groups is 1. The minimum absolute atomic E-state index is 0.00388. The van der Waals surface area contributed by atoms with Gasteiger partial charge in [0.1, 0.15) is 5.76 Å². The van der Waals surface area contributed by atoms with Gasteiger partial charge in [-0.1, -0.05) is 12.1 Å². The summed E-state index contributed by atoms with van der Waals surface area (Å²) < 4.78 is 32.6. The number of benzene rings is 1. The molecule has 0 aliphatic carbocycles. The number of rotatable bonds is 7. The zero-order valence-electron chi connectivity index (χ0n) is 13.3. The fraction of sp³-hybridized carbons (Fsp3) is 0.333. The molecule has 1 amide bonds. The van der Waals surface area contributed by atoms with Crippen LogP contribution in [-0.4, -0.2) is 25.9 Å². The maximum Gasteiger partial charge on any atom is 0.241 e. The van der Waals surface area contributed by atoms with Crippen molar-refractivity contribution < 1.29 is 17.6 Å². The highest BCUT2D eigenvalue weighted by Crippen LogP contribution is 2.20. The number of aryl methyl sites for hydroxylation is 2.